The van der Waals surface area contributed by atoms with Gasteiger partial charge in [-0.3, -0.25) is 9.59 Å². The molecule has 170 valence electrons. The van der Waals surface area contributed by atoms with Gasteiger partial charge in [-0.15, -0.1) is 0 Å². The van der Waals surface area contributed by atoms with Gasteiger partial charge in [0.25, 0.3) is 5.91 Å². The van der Waals surface area contributed by atoms with Gasteiger partial charge >= 0.3 is 12.1 Å². The van der Waals surface area contributed by atoms with Crippen molar-refractivity contribution < 1.29 is 32.3 Å². The first kappa shape index (κ1) is 24.6. The minimum atomic E-state index is -4.49. The van der Waals surface area contributed by atoms with Crippen LogP contribution in [0.5, 0.6) is 0 Å². The van der Waals surface area contributed by atoms with E-state index in [2.05, 4.69) is 10.6 Å². The van der Waals surface area contributed by atoms with Crippen molar-refractivity contribution in [2.75, 3.05) is 18.5 Å². The minimum Gasteiger partial charge on any atom is -0.452 e. The lowest BCUT2D eigenvalue weighted by Gasteiger charge is -2.13. The van der Waals surface area contributed by atoms with Crippen molar-refractivity contribution in [3.63, 3.8) is 0 Å². The fourth-order valence-electron chi connectivity index (χ4n) is 2.96. The first-order valence-corrected chi connectivity index (χ1v) is 9.62. The molecule has 0 fully saturated rings. The van der Waals surface area contributed by atoms with Crippen molar-refractivity contribution in [3.05, 3.63) is 70.3 Å². The molecule has 0 aliphatic heterocycles. The Bertz CT molecular complexity index is 1020. The van der Waals surface area contributed by atoms with Crippen LogP contribution in [0.2, 0.25) is 0 Å². The molecule has 2 N–H and O–H groups in total. The highest BCUT2D eigenvalue weighted by Crippen LogP contribution is 2.29. The fraction of sp³-hybridized carbons (Fsp3) is 0.261. The van der Waals surface area contributed by atoms with E-state index >= 15 is 0 Å². The molecule has 9 heteroatoms. The van der Waals surface area contributed by atoms with Crippen LogP contribution in [0.15, 0.2) is 42.5 Å². The lowest BCUT2D eigenvalue weighted by molar-refractivity contribution is -0.143. The number of carbonyl (C=O) groups is 3. The van der Waals surface area contributed by atoms with Crippen LogP contribution in [0, 0.1) is 20.8 Å². The molecule has 2 aromatic carbocycles. The van der Waals surface area contributed by atoms with Gasteiger partial charge in [0.15, 0.2) is 6.61 Å². The summed E-state index contributed by atoms with van der Waals surface area (Å²) in [6.07, 6.45) is -2.43. The van der Waals surface area contributed by atoms with Crippen LogP contribution < -0.4 is 10.6 Å². The van der Waals surface area contributed by atoms with Crippen LogP contribution in [-0.2, 0) is 25.3 Å². The Balaban J connectivity index is 1.79. The molecule has 0 saturated heterocycles. The van der Waals surface area contributed by atoms with E-state index in [0.29, 0.717) is 5.69 Å². The summed E-state index contributed by atoms with van der Waals surface area (Å²) >= 11 is 0. The molecule has 0 radical (unpaired) electrons. The lowest BCUT2D eigenvalue weighted by Crippen LogP contribution is -2.35. The average Bonchev–Trinajstić information content (AvgIpc) is 2.71. The highest BCUT2D eigenvalue weighted by atomic mass is 19.4. The van der Waals surface area contributed by atoms with Crippen molar-refractivity contribution in [1.82, 2.24) is 5.32 Å². The highest BCUT2D eigenvalue weighted by molar-refractivity contribution is 5.96. The molecule has 0 aliphatic rings. The molecule has 0 heterocycles. The van der Waals surface area contributed by atoms with Crippen LogP contribution in [-0.4, -0.2) is 30.9 Å². The molecule has 2 rings (SSSR count). The van der Waals surface area contributed by atoms with Gasteiger partial charge in [-0.2, -0.15) is 13.2 Å². The largest absolute Gasteiger partial charge is 0.452 e. The number of alkyl halides is 3. The third-order valence-electron chi connectivity index (χ3n) is 4.36. The van der Waals surface area contributed by atoms with Gasteiger partial charge in [-0.25, -0.2) is 4.79 Å². The number of nitrogens with one attached hydrogen (secondary N) is 2. The Morgan fingerprint density at radius 1 is 1.00 bits per heavy atom. The van der Waals surface area contributed by atoms with Gasteiger partial charge in [0.05, 0.1) is 12.1 Å². The van der Waals surface area contributed by atoms with Gasteiger partial charge in [0, 0.05) is 11.8 Å². The molecular weight excluding hydrogens is 425 g/mol. The zero-order valence-corrected chi connectivity index (χ0v) is 17.8. The summed E-state index contributed by atoms with van der Waals surface area (Å²) in [5.74, 6) is -2.05. The maximum atomic E-state index is 12.7. The van der Waals surface area contributed by atoms with Crippen LogP contribution in [0.25, 0.3) is 6.08 Å². The number of benzene rings is 2. The van der Waals surface area contributed by atoms with E-state index in [-0.39, 0.29) is 12.1 Å². The zero-order valence-electron chi connectivity index (χ0n) is 17.8. The molecule has 2 aromatic rings. The topological polar surface area (TPSA) is 84.5 Å². The minimum absolute atomic E-state index is 0.152. The number of rotatable bonds is 7. The van der Waals surface area contributed by atoms with E-state index in [9.17, 15) is 27.6 Å². The second-order valence-electron chi connectivity index (χ2n) is 7.16. The first-order valence-electron chi connectivity index (χ1n) is 9.62. The maximum absolute atomic E-state index is 12.7. The molecule has 0 bridgehead atoms. The van der Waals surface area contributed by atoms with E-state index in [1.165, 1.54) is 12.1 Å². The van der Waals surface area contributed by atoms with Gasteiger partial charge in [-0.05, 0) is 55.7 Å². The molecule has 0 saturated carbocycles. The predicted octanol–water partition coefficient (Wildman–Crippen LogP) is 3.94. The van der Waals surface area contributed by atoms with Gasteiger partial charge in [0.1, 0.15) is 0 Å². The number of amides is 2. The van der Waals surface area contributed by atoms with E-state index in [4.69, 9.17) is 4.74 Å². The Morgan fingerprint density at radius 3 is 2.28 bits per heavy atom. The summed E-state index contributed by atoms with van der Waals surface area (Å²) < 4.78 is 42.8. The van der Waals surface area contributed by atoms with Crippen molar-refractivity contribution in [1.29, 1.82) is 0 Å². The summed E-state index contributed by atoms with van der Waals surface area (Å²) in [5.41, 5.74) is 2.82. The third-order valence-corrected chi connectivity index (χ3v) is 4.36. The van der Waals surface area contributed by atoms with Crippen molar-refractivity contribution in [2.24, 2.45) is 0 Å². The molecular formula is C23H23F3N2O4. The molecule has 0 atom stereocenters. The Hall–Kier alpha value is -3.62. The summed E-state index contributed by atoms with van der Waals surface area (Å²) in [6.45, 7) is 4.72. The van der Waals surface area contributed by atoms with E-state index in [1.807, 2.05) is 32.9 Å². The van der Waals surface area contributed by atoms with E-state index < -0.39 is 36.1 Å². The number of hydrogen-bond acceptors (Lipinski definition) is 4. The Labute approximate surface area is 183 Å². The van der Waals surface area contributed by atoms with E-state index in [1.54, 1.807) is 0 Å². The number of carbonyl (C=O) groups excluding carboxylic acids is 3. The second-order valence-corrected chi connectivity index (χ2v) is 7.16. The number of esters is 1. The molecule has 0 unspecified atom stereocenters. The molecule has 2 amide bonds. The second kappa shape index (κ2) is 10.6. The summed E-state index contributed by atoms with van der Waals surface area (Å²) in [6, 6.07) is 8.25. The highest BCUT2D eigenvalue weighted by Gasteiger charge is 2.30. The summed E-state index contributed by atoms with van der Waals surface area (Å²) in [4.78, 5) is 35.6. The molecule has 0 spiro atoms. The smallest absolute Gasteiger partial charge is 0.416 e. The molecule has 0 aliphatic carbocycles. The Morgan fingerprint density at radius 2 is 1.66 bits per heavy atom. The quantitative estimate of drug-likeness (QED) is 0.496. The van der Waals surface area contributed by atoms with Gasteiger partial charge in [0.2, 0.25) is 5.91 Å². The van der Waals surface area contributed by atoms with Crippen LogP contribution >= 0.6 is 0 Å². The molecule has 32 heavy (non-hydrogen) atoms. The van der Waals surface area contributed by atoms with Crippen molar-refractivity contribution >= 4 is 29.5 Å². The van der Waals surface area contributed by atoms with Crippen LogP contribution in [0.1, 0.15) is 27.8 Å². The number of anilines is 1. The monoisotopic (exact) mass is 448 g/mol. The molecule has 0 aromatic heterocycles. The zero-order chi connectivity index (χ0) is 23.9. The Kier molecular flexibility index (Phi) is 8.17. The van der Waals surface area contributed by atoms with Gasteiger partial charge in [-0.1, -0.05) is 29.8 Å². The average molecular weight is 448 g/mol. The van der Waals surface area contributed by atoms with Crippen LogP contribution in [0.3, 0.4) is 0 Å². The maximum Gasteiger partial charge on any atom is 0.416 e. The van der Waals surface area contributed by atoms with Crippen molar-refractivity contribution in [2.45, 2.75) is 26.9 Å². The van der Waals surface area contributed by atoms with Crippen molar-refractivity contribution in [3.8, 4) is 0 Å². The summed E-state index contributed by atoms with van der Waals surface area (Å²) in [5, 5.41) is 5.06. The SMILES string of the molecule is Cc1cc(C)c(NC(=O)CNC(=O)COC(=O)/C=C/c2cccc(C(F)(F)F)c2)c(C)c1. The number of hydrogen-bond donors (Lipinski definition) is 2. The number of ether oxygens (including phenoxy) is 1. The third kappa shape index (κ3) is 7.57. The fourth-order valence-corrected chi connectivity index (χ4v) is 2.96. The summed E-state index contributed by atoms with van der Waals surface area (Å²) in [7, 11) is 0. The normalized spacial score (nSPS) is 11.3. The van der Waals surface area contributed by atoms with Gasteiger partial charge < -0.3 is 15.4 Å². The lowest BCUT2D eigenvalue weighted by atomic mass is 10.1. The number of aryl methyl sites for hydroxylation is 3. The first-order chi connectivity index (χ1) is 15.0. The molecule has 6 nitrogen and oxygen atoms in total. The van der Waals surface area contributed by atoms with E-state index in [0.717, 1.165) is 41.0 Å². The number of halogens is 3. The van der Waals surface area contributed by atoms with Crippen LogP contribution in [0.4, 0.5) is 18.9 Å². The standard InChI is InChI=1S/C23H23F3N2O4/c1-14-9-15(2)22(16(3)10-14)28-19(29)12-27-20(30)13-32-21(31)8-7-17-5-4-6-18(11-17)23(24,25)26/h4-11H,12-13H2,1-3H3,(H,27,30)(H,28,29)/b8-7+. The predicted molar refractivity (Wildman–Crippen MR) is 114 cm³/mol.